The third-order valence-corrected chi connectivity index (χ3v) is 9.76. The summed E-state index contributed by atoms with van der Waals surface area (Å²) in [7, 11) is 0. The van der Waals surface area contributed by atoms with E-state index in [0.29, 0.717) is 0 Å². The SMILES string of the molecule is C=CCOC(=O)C=CCC.CCC=CC(=O)O.CCC=CC(=O)O.CCC=CC(=O)O.CCC=CC(=O)O.CCC=CC(=O)O.CCC=CC(=O)O.CCC=CC(=O)O.CCC=CC(=O)O.CCC=CC(=O)O.CCC=CC(=O)O.CCC=CC(=O)O.CCC=CC(=O)O.CCC=CC(=O)O.CCC=CC(=O)O.CCC=CC(=O)O.CCC=CC(=O)O.CCC=CC(=O)O.CCC=CC(=O)O. The molecule has 0 amide bonds. The first-order valence-corrected chi connectivity index (χ1v) is 42.2. The molecule has 0 saturated heterocycles. The maximum absolute atomic E-state index is 10.6. The largest absolute Gasteiger partial charge is 0.478 e. The first-order chi connectivity index (χ1) is 63.7. The Bertz CT molecular complexity index is 2730. The molecule has 18 N–H and O–H groups in total. The number of carbonyl (C=O) groups is 19. The molecule has 0 bridgehead atoms. The van der Waals surface area contributed by atoms with Crippen molar-refractivity contribution in [1.82, 2.24) is 0 Å². The summed E-state index contributed by atoms with van der Waals surface area (Å²) in [4.78, 5) is 185. The van der Waals surface area contributed by atoms with Crippen LogP contribution >= 0.6 is 0 Å². The van der Waals surface area contributed by atoms with Crippen LogP contribution in [-0.2, 0) is 95.8 Å². The molecule has 0 unspecified atom stereocenters. The predicted octanol–water partition coefficient (Wildman–Crippen LogP) is 20.4. The molecule has 0 aliphatic rings. The summed E-state index contributed by atoms with van der Waals surface area (Å²) >= 11 is 0. The smallest absolute Gasteiger partial charge is 0.330 e. The van der Waals surface area contributed by atoms with Gasteiger partial charge >= 0.3 is 113 Å². The highest BCUT2D eigenvalue weighted by molar-refractivity contribution is 5.85. The number of esters is 1. The summed E-state index contributed by atoms with van der Waals surface area (Å²) in [5.74, 6) is -16.0. The summed E-state index contributed by atoms with van der Waals surface area (Å²) in [6.45, 7) is 39.6. The molecule has 776 valence electrons. The van der Waals surface area contributed by atoms with Gasteiger partial charge in [-0.1, -0.05) is 260 Å². The number of carbonyl (C=O) groups excluding carboxylic acids is 1. The fourth-order valence-corrected chi connectivity index (χ4v) is 4.34. The minimum atomic E-state index is -0.873. The van der Waals surface area contributed by atoms with Gasteiger partial charge in [0.25, 0.3) is 0 Å². The average molecular weight is 1940 g/mol. The van der Waals surface area contributed by atoms with Crippen LogP contribution in [0.5, 0.6) is 0 Å². The normalized spacial score (nSPS) is 9.85. The van der Waals surface area contributed by atoms with E-state index in [2.05, 4.69) is 11.3 Å². The number of allylic oxidation sites excluding steroid dienone is 19. The van der Waals surface area contributed by atoms with Gasteiger partial charge in [0, 0.05) is 115 Å². The molecule has 0 aromatic heterocycles. The number of ether oxygens (including phenoxy) is 1. The Labute approximate surface area is 801 Å². The van der Waals surface area contributed by atoms with Crippen molar-refractivity contribution in [3.05, 3.63) is 244 Å². The van der Waals surface area contributed by atoms with Crippen LogP contribution in [0.25, 0.3) is 0 Å². The Morgan fingerprint density at radius 3 is 0.257 bits per heavy atom. The second-order valence-corrected chi connectivity index (χ2v) is 22.4. The molecule has 0 atom stereocenters. The van der Waals surface area contributed by atoms with Crippen molar-refractivity contribution in [2.24, 2.45) is 0 Å². The Morgan fingerprint density at radius 1 is 0.147 bits per heavy atom. The first kappa shape index (κ1) is 167. The first-order valence-electron chi connectivity index (χ1n) is 42.2. The van der Waals surface area contributed by atoms with Crippen molar-refractivity contribution in [2.45, 2.75) is 254 Å². The number of hydrogen-bond acceptors (Lipinski definition) is 20. The van der Waals surface area contributed by atoms with Gasteiger partial charge in [-0.2, -0.15) is 0 Å². The molecular weight excluding hydrogens is 1790 g/mol. The maximum atomic E-state index is 10.6. The number of carboxylic acids is 18. The van der Waals surface area contributed by atoms with Crippen LogP contribution in [0.4, 0.5) is 0 Å². The Kier molecular flexibility index (Phi) is 201. The van der Waals surface area contributed by atoms with Crippen molar-refractivity contribution in [2.75, 3.05) is 6.61 Å². The van der Waals surface area contributed by atoms with Gasteiger partial charge in [-0.15, -0.1) is 0 Å². The monoisotopic (exact) mass is 1940 g/mol. The lowest BCUT2D eigenvalue weighted by Crippen LogP contribution is -1.99. The zero-order chi connectivity index (χ0) is 110. The molecule has 0 heterocycles. The standard InChI is InChI=1S/C8H12O2.18C5H8O2/c1-3-5-6-8(9)10-7-4-2;18*1-2-3-4-5(6)7/h4-6H,2-3,7H2,1H3;18*3-4H,2H2,1H3,(H,6,7). The molecular formula is C98H156O38. The molecule has 0 radical (unpaired) electrons. The van der Waals surface area contributed by atoms with E-state index in [1.54, 1.807) is 115 Å². The van der Waals surface area contributed by atoms with Crippen molar-refractivity contribution < 1.29 is 188 Å². The molecule has 0 fully saturated rings. The Morgan fingerprint density at radius 2 is 0.213 bits per heavy atom. The van der Waals surface area contributed by atoms with E-state index in [-0.39, 0.29) is 12.6 Å². The number of aliphatic carboxylic acids is 18. The average Bonchev–Trinajstić information content (AvgIpc) is 1.06. The van der Waals surface area contributed by atoms with Gasteiger partial charge in [0.05, 0.1) is 0 Å². The van der Waals surface area contributed by atoms with Crippen LogP contribution in [0.2, 0.25) is 0 Å². The molecule has 0 saturated carbocycles. The Hall–Kier alpha value is -15.3. The zero-order valence-electron chi connectivity index (χ0n) is 82.1. The Balaban J connectivity index is -0.0000000625. The summed E-state index contributed by atoms with van der Waals surface area (Å²) in [6.07, 6.45) is 69.0. The topological polar surface area (TPSA) is 698 Å². The number of rotatable bonds is 40. The molecule has 38 nitrogen and oxygen atoms in total. The van der Waals surface area contributed by atoms with Crippen LogP contribution in [0, 0.1) is 0 Å². The molecule has 136 heavy (non-hydrogen) atoms. The lowest BCUT2D eigenvalue weighted by Gasteiger charge is -1.93. The minimum absolute atomic E-state index is 0.285. The second kappa shape index (κ2) is 163. The van der Waals surface area contributed by atoms with Gasteiger partial charge in [0.2, 0.25) is 0 Å². The van der Waals surface area contributed by atoms with E-state index in [1.165, 1.54) is 12.2 Å². The van der Waals surface area contributed by atoms with Crippen molar-refractivity contribution in [1.29, 1.82) is 0 Å². The van der Waals surface area contributed by atoms with Crippen molar-refractivity contribution >= 4 is 113 Å². The summed E-state index contributed by atoms with van der Waals surface area (Å²) in [5, 5.41) is 143. The molecule has 0 aromatic rings. The molecule has 0 aromatic carbocycles. The van der Waals surface area contributed by atoms with Crippen molar-refractivity contribution in [3.8, 4) is 0 Å². The van der Waals surface area contributed by atoms with Crippen LogP contribution in [0.15, 0.2) is 244 Å². The summed E-state index contributed by atoms with van der Waals surface area (Å²) < 4.78 is 4.65. The minimum Gasteiger partial charge on any atom is -0.478 e. The highest BCUT2D eigenvalue weighted by atomic mass is 16.5. The molecule has 0 aliphatic heterocycles. The van der Waals surface area contributed by atoms with Crippen LogP contribution < -0.4 is 0 Å². The maximum Gasteiger partial charge on any atom is 0.330 e. The lowest BCUT2D eigenvalue weighted by molar-refractivity contribution is -0.137. The fraction of sp³-hybridized carbons (Fsp3) is 0.398. The van der Waals surface area contributed by atoms with E-state index in [0.717, 1.165) is 231 Å². The lowest BCUT2D eigenvalue weighted by atomic mass is 10.4. The number of hydrogen-bond donors (Lipinski definition) is 18. The summed E-state index contributed by atoms with van der Waals surface area (Å²) in [5.41, 5.74) is 0. The molecule has 0 aliphatic carbocycles. The van der Waals surface area contributed by atoms with E-state index >= 15 is 0 Å². The highest BCUT2D eigenvalue weighted by Gasteiger charge is 1.92. The van der Waals surface area contributed by atoms with E-state index in [1.807, 2.05) is 132 Å². The van der Waals surface area contributed by atoms with Gasteiger partial charge < -0.3 is 96.7 Å². The van der Waals surface area contributed by atoms with Gasteiger partial charge in [0.1, 0.15) is 6.61 Å². The van der Waals surface area contributed by atoms with Crippen LogP contribution in [-0.4, -0.2) is 212 Å². The van der Waals surface area contributed by atoms with E-state index in [4.69, 9.17) is 91.9 Å². The van der Waals surface area contributed by atoms with Gasteiger partial charge in [-0.25, -0.2) is 91.1 Å². The fourth-order valence-electron chi connectivity index (χ4n) is 4.34. The number of carboxylic acid groups (broad SMARTS) is 18. The molecule has 0 rings (SSSR count). The van der Waals surface area contributed by atoms with Gasteiger partial charge in [-0.3, -0.25) is 0 Å². The summed E-state index contributed by atoms with van der Waals surface area (Å²) in [6, 6.07) is 0. The highest BCUT2D eigenvalue weighted by Crippen LogP contribution is 1.89. The molecule has 0 spiro atoms. The third-order valence-electron chi connectivity index (χ3n) is 9.76. The van der Waals surface area contributed by atoms with Crippen LogP contribution in [0.3, 0.4) is 0 Å². The van der Waals surface area contributed by atoms with Crippen molar-refractivity contribution in [3.63, 3.8) is 0 Å². The van der Waals surface area contributed by atoms with E-state index in [9.17, 15) is 91.1 Å². The van der Waals surface area contributed by atoms with Gasteiger partial charge in [-0.05, 0) is 122 Å². The van der Waals surface area contributed by atoms with E-state index < -0.39 is 107 Å². The zero-order valence-corrected chi connectivity index (χ0v) is 82.1. The van der Waals surface area contributed by atoms with Crippen LogP contribution in [0.1, 0.15) is 254 Å². The quantitative estimate of drug-likeness (QED) is 0.0154. The third kappa shape index (κ3) is 393. The molecule has 38 heteroatoms. The second-order valence-electron chi connectivity index (χ2n) is 22.4. The van der Waals surface area contributed by atoms with Gasteiger partial charge in [0.15, 0.2) is 0 Å². The predicted molar refractivity (Wildman–Crippen MR) is 528 cm³/mol.